The molecule has 0 aliphatic carbocycles. The average Bonchev–Trinajstić information content (AvgIpc) is 2.12. The van der Waals surface area contributed by atoms with Gasteiger partial charge in [0.2, 0.25) is 0 Å². The third-order valence-corrected chi connectivity index (χ3v) is 3.73. The Morgan fingerprint density at radius 2 is 1.85 bits per heavy atom. The highest BCUT2D eigenvalue weighted by Gasteiger charge is 2.03. The number of benzene rings is 1. The van der Waals surface area contributed by atoms with Crippen LogP contribution >= 0.6 is 45.8 Å². The molecule has 1 heterocycles. The molecular weight excluding hydrogens is 320 g/mol. The normalized spacial score (nSPS) is 10.7. The van der Waals surface area contributed by atoms with E-state index in [1.54, 1.807) is 6.07 Å². The van der Waals surface area contributed by atoms with Crippen molar-refractivity contribution in [2.24, 2.45) is 0 Å². The summed E-state index contributed by atoms with van der Waals surface area (Å²) in [6, 6.07) is 7.39. The lowest BCUT2D eigenvalue weighted by Crippen LogP contribution is -1.83. The van der Waals surface area contributed by atoms with E-state index in [9.17, 15) is 0 Å². The van der Waals surface area contributed by atoms with E-state index in [4.69, 9.17) is 23.2 Å². The minimum Gasteiger partial charge on any atom is -0.236 e. The van der Waals surface area contributed by atoms with Crippen molar-refractivity contribution in [3.63, 3.8) is 0 Å². The van der Waals surface area contributed by atoms with E-state index in [1.807, 2.05) is 18.2 Å². The Labute approximate surface area is 99.2 Å². The van der Waals surface area contributed by atoms with E-state index in [0.29, 0.717) is 5.15 Å². The molecule has 4 heteroatoms. The molecular formula is C9H4Cl2IN. The zero-order valence-corrected chi connectivity index (χ0v) is 10.1. The van der Waals surface area contributed by atoms with Gasteiger partial charge in [0, 0.05) is 8.96 Å². The van der Waals surface area contributed by atoms with Crippen LogP contribution in [0.15, 0.2) is 24.3 Å². The van der Waals surface area contributed by atoms with Crippen molar-refractivity contribution in [1.82, 2.24) is 4.98 Å². The number of nitrogens with zero attached hydrogens (tertiary/aromatic N) is 1. The van der Waals surface area contributed by atoms with Crippen LogP contribution in [-0.4, -0.2) is 4.98 Å². The summed E-state index contributed by atoms with van der Waals surface area (Å²) < 4.78 is 1.01. The number of halogens is 3. The highest BCUT2D eigenvalue weighted by Crippen LogP contribution is 2.27. The maximum atomic E-state index is 5.96. The second-order valence-electron chi connectivity index (χ2n) is 2.56. The van der Waals surface area contributed by atoms with Gasteiger partial charge in [0.1, 0.15) is 5.15 Å². The molecule has 0 bridgehead atoms. The number of fused-ring (bicyclic) bond motifs is 1. The summed E-state index contributed by atoms with van der Waals surface area (Å²) in [6.07, 6.45) is 0. The van der Waals surface area contributed by atoms with Crippen molar-refractivity contribution in [3.05, 3.63) is 38.0 Å². The molecule has 1 aromatic carbocycles. The molecule has 0 spiro atoms. The fourth-order valence-corrected chi connectivity index (χ4v) is 2.07. The van der Waals surface area contributed by atoms with Crippen molar-refractivity contribution >= 4 is 56.7 Å². The second-order valence-corrected chi connectivity index (χ2v) is 4.44. The number of aromatic nitrogens is 1. The summed E-state index contributed by atoms with van der Waals surface area (Å²) >= 11 is 13.9. The van der Waals surface area contributed by atoms with Crippen molar-refractivity contribution in [2.45, 2.75) is 0 Å². The highest BCUT2D eigenvalue weighted by molar-refractivity contribution is 14.1. The molecule has 66 valence electrons. The molecule has 0 fully saturated rings. The SMILES string of the molecule is Clc1ccc2c(I)c(Cl)ccc2n1. The first-order valence-corrected chi connectivity index (χ1v) is 5.42. The van der Waals surface area contributed by atoms with Gasteiger partial charge in [0.15, 0.2) is 0 Å². The van der Waals surface area contributed by atoms with Gasteiger partial charge in [-0.05, 0) is 46.9 Å². The molecule has 0 aliphatic rings. The number of hydrogen-bond donors (Lipinski definition) is 0. The number of hydrogen-bond acceptors (Lipinski definition) is 1. The first-order valence-electron chi connectivity index (χ1n) is 3.59. The molecule has 0 unspecified atom stereocenters. The van der Waals surface area contributed by atoms with Gasteiger partial charge in [-0.1, -0.05) is 23.2 Å². The molecule has 1 aromatic heterocycles. The third-order valence-electron chi connectivity index (χ3n) is 1.72. The van der Waals surface area contributed by atoms with E-state index in [0.717, 1.165) is 19.5 Å². The van der Waals surface area contributed by atoms with Crippen LogP contribution in [0.3, 0.4) is 0 Å². The standard InChI is InChI=1S/C9H4Cl2IN/c10-6-2-3-7-5(9(6)12)1-4-8(11)13-7/h1-4H. The Bertz CT molecular complexity index is 470. The molecule has 0 saturated carbocycles. The monoisotopic (exact) mass is 323 g/mol. The van der Waals surface area contributed by atoms with Gasteiger partial charge in [-0.3, -0.25) is 0 Å². The smallest absolute Gasteiger partial charge is 0.129 e. The van der Waals surface area contributed by atoms with Crippen LogP contribution in [0.5, 0.6) is 0 Å². The quantitative estimate of drug-likeness (QED) is 0.524. The van der Waals surface area contributed by atoms with Crippen LogP contribution in [-0.2, 0) is 0 Å². The second kappa shape index (κ2) is 3.59. The summed E-state index contributed by atoms with van der Waals surface area (Å²) in [5.41, 5.74) is 0.876. The van der Waals surface area contributed by atoms with E-state index >= 15 is 0 Å². The maximum absolute atomic E-state index is 5.96. The minimum atomic E-state index is 0.505. The van der Waals surface area contributed by atoms with Gasteiger partial charge in [-0.2, -0.15) is 0 Å². The lowest BCUT2D eigenvalue weighted by atomic mass is 10.2. The Balaban J connectivity index is 2.87. The topological polar surface area (TPSA) is 12.9 Å². The molecule has 0 radical (unpaired) electrons. The maximum Gasteiger partial charge on any atom is 0.129 e. The summed E-state index contributed by atoms with van der Waals surface area (Å²) in [4.78, 5) is 4.18. The molecule has 0 atom stereocenters. The van der Waals surface area contributed by atoms with Gasteiger partial charge in [0.05, 0.1) is 10.5 Å². The van der Waals surface area contributed by atoms with E-state index in [1.165, 1.54) is 0 Å². The fraction of sp³-hybridized carbons (Fsp3) is 0. The first kappa shape index (κ1) is 9.49. The summed E-state index contributed by atoms with van der Waals surface area (Å²) in [5.74, 6) is 0. The van der Waals surface area contributed by atoms with Crippen LogP contribution in [0.1, 0.15) is 0 Å². The molecule has 1 nitrogen and oxygen atoms in total. The van der Waals surface area contributed by atoms with Crippen molar-refractivity contribution in [2.75, 3.05) is 0 Å². The Morgan fingerprint density at radius 3 is 2.62 bits per heavy atom. The highest BCUT2D eigenvalue weighted by atomic mass is 127. The molecule has 13 heavy (non-hydrogen) atoms. The lowest BCUT2D eigenvalue weighted by molar-refractivity contribution is 1.41. The Hall–Kier alpha value is -0.0600. The average molecular weight is 324 g/mol. The zero-order valence-electron chi connectivity index (χ0n) is 6.39. The lowest BCUT2D eigenvalue weighted by Gasteiger charge is -2.01. The molecule has 2 rings (SSSR count). The molecule has 2 aromatic rings. The predicted molar refractivity (Wildman–Crippen MR) is 64.5 cm³/mol. The molecule has 0 saturated heterocycles. The summed E-state index contributed by atoms with van der Waals surface area (Å²) in [6.45, 7) is 0. The first-order chi connectivity index (χ1) is 6.18. The molecule has 0 amide bonds. The van der Waals surface area contributed by atoms with Gasteiger partial charge in [-0.25, -0.2) is 4.98 Å². The van der Waals surface area contributed by atoms with Crippen molar-refractivity contribution < 1.29 is 0 Å². The zero-order chi connectivity index (χ0) is 9.42. The van der Waals surface area contributed by atoms with Crippen LogP contribution in [0, 0.1) is 3.57 Å². The third kappa shape index (κ3) is 1.75. The molecule has 0 aliphatic heterocycles. The van der Waals surface area contributed by atoms with E-state index < -0.39 is 0 Å². The summed E-state index contributed by atoms with van der Waals surface area (Å²) in [5, 5.41) is 2.29. The summed E-state index contributed by atoms with van der Waals surface area (Å²) in [7, 11) is 0. The Kier molecular flexibility index (Phi) is 2.62. The van der Waals surface area contributed by atoms with Crippen molar-refractivity contribution in [1.29, 1.82) is 0 Å². The van der Waals surface area contributed by atoms with Crippen molar-refractivity contribution in [3.8, 4) is 0 Å². The van der Waals surface area contributed by atoms with E-state index in [2.05, 4.69) is 27.6 Å². The fourth-order valence-electron chi connectivity index (χ4n) is 1.12. The Morgan fingerprint density at radius 1 is 1.08 bits per heavy atom. The van der Waals surface area contributed by atoms with Crippen LogP contribution in [0.4, 0.5) is 0 Å². The van der Waals surface area contributed by atoms with Gasteiger partial charge < -0.3 is 0 Å². The van der Waals surface area contributed by atoms with E-state index in [-0.39, 0.29) is 0 Å². The minimum absolute atomic E-state index is 0.505. The van der Waals surface area contributed by atoms with Gasteiger partial charge in [-0.15, -0.1) is 0 Å². The number of pyridine rings is 1. The predicted octanol–water partition coefficient (Wildman–Crippen LogP) is 4.15. The van der Waals surface area contributed by atoms with Crippen LogP contribution in [0.25, 0.3) is 10.9 Å². The van der Waals surface area contributed by atoms with Crippen LogP contribution in [0.2, 0.25) is 10.2 Å². The molecule has 0 N–H and O–H groups in total. The van der Waals surface area contributed by atoms with Gasteiger partial charge >= 0.3 is 0 Å². The van der Waals surface area contributed by atoms with Gasteiger partial charge in [0.25, 0.3) is 0 Å². The number of rotatable bonds is 0. The largest absolute Gasteiger partial charge is 0.236 e. The van der Waals surface area contributed by atoms with Crippen LogP contribution < -0.4 is 0 Å².